The van der Waals surface area contributed by atoms with Crippen LogP contribution in [-0.2, 0) is 6.54 Å². The highest BCUT2D eigenvalue weighted by Crippen LogP contribution is 1.92. The minimum absolute atomic E-state index is 0.106. The molecule has 1 aromatic heterocycles. The lowest BCUT2D eigenvalue weighted by Gasteiger charge is -2.09. The zero-order valence-electron chi connectivity index (χ0n) is 8.50. The van der Waals surface area contributed by atoms with Gasteiger partial charge in [0.1, 0.15) is 0 Å². The van der Waals surface area contributed by atoms with E-state index in [-0.39, 0.29) is 17.7 Å². The van der Waals surface area contributed by atoms with Gasteiger partial charge in [0.15, 0.2) is 0 Å². The third-order valence-electron chi connectivity index (χ3n) is 2.15. The van der Waals surface area contributed by atoms with E-state index in [0.717, 1.165) is 4.68 Å². The highest BCUT2D eigenvalue weighted by atomic mass is 16.3. The zero-order chi connectivity index (χ0) is 10.9. The summed E-state index contributed by atoms with van der Waals surface area (Å²) in [5.74, 6) is 0. The Kier molecular flexibility index (Phi) is 2.90. The van der Waals surface area contributed by atoms with Crippen LogP contribution in [0.2, 0.25) is 0 Å². The van der Waals surface area contributed by atoms with E-state index in [1.807, 2.05) is 0 Å². The van der Waals surface area contributed by atoms with Crippen LogP contribution in [0.25, 0.3) is 0 Å². The number of hydrogen-bond acceptors (Lipinski definition) is 3. The fourth-order valence-corrected chi connectivity index (χ4v) is 1.18. The van der Waals surface area contributed by atoms with Crippen molar-refractivity contribution in [3.05, 3.63) is 31.8 Å². The molecule has 2 N–H and O–H groups in total. The van der Waals surface area contributed by atoms with Gasteiger partial charge in [0.2, 0.25) is 0 Å². The topological polar surface area (TPSA) is 75.1 Å². The summed E-state index contributed by atoms with van der Waals surface area (Å²) in [6.45, 7) is 4.86. The Labute approximate surface area is 81.0 Å². The fraction of sp³-hybridized carbons (Fsp3) is 0.556. The van der Waals surface area contributed by atoms with E-state index < -0.39 is 6.10 Å². The first kappa shape index (κ1) is 10.7. The van der Waals surface area contributed by atoms with E-state index in [1.165, 1.54) is 0 Å². The van der Waals surface area contributed by atoms with Gasteiger partial charge in [-0.3, -0.25) is 14.7 Å². The summed E-state index contributed by atoms with van der Waals surface area (Å²) in [6.07, 6.45) is -0.662. The maximum Gasteiger partial charge on any atom is 0.268 e. The number of H-pyrrole nitrogens is 1. The molecular weight excluding hydrogens is 184 g/mol. The number of aromatic amines is 1. The Morgan fingerprint density at radius 2 is 1.93 bits per heavy atom. The van der Waals surface area contributed by atoms with E-state index in [2.05, 4.69) is 5.10 Å². The molecule has 1 atom stereocenters. The molecule has 0 spiro atoms. The second kappa shape index (κ2) is 3.79. The van der Waals surface area contributed by atoms with Crippen LogP contribution in [-0.4, -0.2) is 21.0 Å². The smallest absolute Gasteiger partial charge is 0.268 e. The van der Waals surface area contributed by atoms with Crippen LogP contribution in [0.3, 0.4) is 0 Å². The number of nitrogens with one attached hydrogen (secondary N) is 1. The van der Waals surface area contributed by atoms with Gasteiger partial charge in [0, 0.05) is 11.1 Å². The molecule has 0 aliphatic carbocycles. The van der Waals surface area contributed by atoms with Crippen molar-refractivity contribution in [3.63, 3.8) is 0 Å². The summed E-state index contributed by atoms with van der Waals surface area (Å²) >= 11 is 0. The van der Waals surface area contributed by atoms with Crippen molar-refractivity contribution in [2.75, 3.05) is 0 Å². The van der Waals surface area contributed by atoms with Gasteiger partial charge in [-0.05, 0) is 20.8 Å². The second-order valence-electron chi connectivity index (χ2n) is 3.46. The predicted molar refractivity (Wildman–Crippen MR) is 52.5 cm³/mol. The summed E-state index contributed by atoms with van der Waals surface area (Å²) in [7, 11) is 0. The summed E-state index contributed by atoms with van der Waals surface area (Å²) in [5, 5.41) is 11.5. The Bertz CT molecular complexity index is 442. The van der Waals surface area contributed by atoms with Gasteiger partial charge in [-0.1, -0.05) is 0 Å². The lowest BCUT2D eigenvalue weighted by molar-refractivity contribution is 0.165. The van der Waals surface area contributed by atoms with Crippen LogP contribution in [0.1, 0.15) is 18.1 Å². The molecule has 0 bridgehead atoms. The Balaban J connectivity index is 3.34. The molecule has 0 radical (unpaired) electrons. The van der Waals surface area contributed by atoms with E-state index in [4.69, 9.17) is 5.11 Å². The fourth-order valence-electron chi connectivity index (χ4n) is 1.18. The number of rotatable bonds is 2. The van der Waals surface area contributed by atoms with Crippen molar-refractivity contribution in [1.82, 2.24) is 9.78 Å². The van der Waals surface area contributed by atoms with Gasteiger partial charge in [0.25, 0.3) is 11.1 Å². The molecule has 1 aromatic rings. The lowest BCUT2D eigenvalue weighted by Crippen LogP contribution is -2.35. The number of aliphatic hydroxyl groups excluding tert-OH is 1. The highest BCUT2D eigenvalue weighted by molar-refractivity contribution is 5.17. The third-order valence-corrected chi connectivity index (χ3v) is 2.15. The molecule has 5 heteroatoms. The molecule has 1 heterocycles. The van der Waals surface area contributed by atoms with Crippen molar-refractivity contribution in [1.29, 1.82) is 0 Å². The van der Waals surface area contributed by atoms with Crippen molar-refractivity contribution < 1.29 is 5.11 Å². The van der Waals surface area contributed by atoms with Gasteiger partial charge in [0.05, 0.1) is 12.6 Å². The molecule has 0 saturated carbocycles. The molecule has 14 heavy (non-hydrogen) atoms. The second-order valence-corrected chi connectivity index (χ2v) is 3.46. The minimum atomic E-state index is -0.662. The molecule has 0 saturated heterocycles. The van der Waals surface area contributed by atoms with Gasteiger partial charge < -0.3 is 5.11 Å². The molecular formula is C9H14N2O3. The van der Waals surface area contributed by atoms with Crippen LogP contribution in [0.4, 0.5) is 0 Å². The number of hydrogen-bond donors (Lipinski definition) is 2. The number of aromatic nitrogens is 2. The summed E-state index contributed by atoms with van der Waals surface area (Å²) in [5.41, 5.74) is 0.303. The largest absolute Gasteiger partial charge is 0.391 e. The molecule has 0 aliphatic rings. The molecule has 0 aromatic carbocycles. The molecule has 0 amide bonds. The molecule has 78 valence electrons. The van der Waals surface area contributed by atoms with Crippen LogP contribution in [0.5, 0.6) is 0 Å². The van der Waals surface area contributed by atoms with Crippen LogP contribution in [0, 0.1) is 13.8 Å². The Hall–Kier alpha value is -1.36. The Morgan fingerprint density at radius 1 is 1.36 bits per heavy atom. The average molecular weight is 198 g/mol. The number of aliphatic hydroxyl groups is 1. The van der Waals surface area contributed by atoms with Crippen molar-refractivity contribution in [3.8, 4) is 0 Å². The summed E-state index contributed by atoms with van der Waals surface area (Å²) in [4.78, 5) is 22.9. The monoisotopic (exact) mass is 198 g/mol. The molecule has 1 unspecified atom stereocenters. The summed E-state index contributed by atoms with van der Waals surface area (Å²) < 4.78 is 1.13. The van der Waals surface area contributed by atoms with E-state index in [1.54, 1.807) is 20.8 Å². The quantitative estimate of drug-likeness (QED) is 0.675. The van der Waals surface area contributed by atoms with Crippen LogP contribution >= 0.6 is 0 Å². The maximum atomic E-state index is 11.6. The molecule has 1 rings (SSSR count). The average Bonchev–Trinajstić information content (AvgIpc) is 2.10. The summed E-state index contributed by atoms with van der Waals surface area (Å²) in [6, 6.07) is 0. The first-order chi connectivity index (χ1) is 6.43. The van der Waals surface area contributed by atoms with Crippen LogP contribution < -0.4 is 11.1 Å². The van der Waals surface area contributed by atoms with Crippen molar-refractivity contribution in [2.24, 2.45) is 0 Å². The Morgan fingerprint density at radius 3 is 2.43 bits per heavy atom. The lowest BCUT2D eigenvalue weighted by atomic mass is 10.2. The molecule has 5 nitrogen and oxygen atoms in total. The highest BCUT2D eigenvalue weighted by Gasteiger charge is 2.08. The standard InChI is InChI=1S/C9H14N2O3/c1-5(12)4-11-9(14)7(3)6(2)8(13)10-11/h5,12H,4H2,1-3H3,(H,10,13). The first-order valence-corrected chi connectivity index (χ1v) is 4.42. The maximum absolute atomic E-state index is 11.6. The van der Waals surface area contributed by atoms with Gasteiger partial charge >= 0.3 is 0 Å². The van der Waals surface area contributed by atoms with Gasteiger partial charge in [-0.15, -0.1) is 0 Å². The van der Waals surface area contributed by atoms with Crippen molar-refractivity contribution >= 4 is 0 Å². The van der Waals surface area contributed by atoms with E-state index in [9.17, 15) is 9.59 Å². The first-order valence-electron chi connectivity index (χ1n) is 4.42. The minimum Gasteiger partial charge on any atom is -0.391 e. The van der Waals surface area contributed by atoms with E-state index >= 15 is 0 Å². The van der Waals surface area contributed by atoms with Gasteiger partial charge in [-0.25, -0.2) is 4.68 Å². The van der Waals surface area contributed by atoms with Gasteiger partial charge in [-0.2, -0.15) is 0 Å². The van der Waals surface area contributed by atoms with Crippen molar-refractivity contribution in [2.45, 2.75) is 33.4 Å². The number of nitrogens with zero attached hydrogens (tertiary/aromatic N) is 1. The van der Waals surface area contributed by atoms with E-state index in [0.29, 0.717) is 11.1 Å². The predicted octanol–water partition coefficient (Wildman–Crippen LogP) is -0.466. The van der Waals surface area contributed by atoms with Crippen LogP contribution in [0.15, 0.2) is 9.59 Å². The molecule has 0 aliphatic heterocycles. The zero-order valence-corrected chi connectivity index (χ0v) is 8.50. The third kappa shape index (κ3) is 1.93. The molecule has 0 fully saturated rings. The SMILES string of the molecule is Cc1c(C)c(=O)n(CC(C)O)[nH]c1=O. The normalized spacial score (nSPS) is 12.9.